The smallest absolute Gasteiger partial charge is 0.300 e. The summed E-state index contributed by atoms with van der Waals surface area (Å²) in [6.07, 6.45) is 0.399. The van der Waals surface area contributed by atoms with E-state index in [2.05, 4.69) is 15.7 Å². The fourth-order valence-corrected chi connectivity index (χ4v) is 3.51. The molecule has 6 heteroatoms. The molecule has 0 radical (unpaired) electrons. The van der Waals surface area contributed by atoms with Gasteiger partial charge in [0, 0.05) is 19.0 Å². The van der Waals surface area contributed by atoms with Gasteiger partial charge in [0.15, 0.2) is 0 Å². The van der Waals surface area contributed by atoms with Crippen LogP contribution < -0.4 is 15.6 Å². The normalized spacial score (nSPS) is 18.1. The number of carbonyl (C=O) groups is 2. The lowest BCUT2D eigenvalue weighted by molar-refractivity contribution is -0.127. The molecule has 1 aliphatic rings. The minimum atomic E-state index is -1.49. The number of para-hydroxylation sites is 2. The zero-order chi connectivity index (χ0) is 21.0. The number of anilines is 2. The summed E-state index contributed by atoms with van der Waals surface area (Å²) >= 11 is 0. The van der Waals surface area contributed by atoms with Gasteiger partial charge in [-0.3, -0.25) is 9.59 Å². The van der Waals surface area contributed by atoms with Crippen molar-refractivity contribution in [2.24, 2.45) is 5.10 Å². The summed E-state index contributed by atoms with van der Waals surface area (Å²) < 4.78 is 0. The quantitative estimate of drug-likeness (QED) is 0.624. The van der Waals surface area contributed by atoms with Crippen molar-refractivity contribution >= 4 is 28.9 Å². The Kier molecular flexibility index (Phi) is 5.30. The van der Waals surface area contributed by atoms with Crippen molar-refractivity contribution in [3.8, 4) is 0 Å². The third-order valence-electron chi connectivity index (χ3n) is 4.85. The zero-order valence-electron chi connectivity index (χ0n) is 16.6. The van der Waals surface area contributed by atoms with E-state index in [-0.39, 0.29) is 11.8 Å². The number of nitrogens with zero attached hydrogens (tertiary/aromatic N) is 2. The molecule has 3 aromatic carbocycles. The van der Waals surface area contributed by atoms with Crippen LogP contribution in [0.25, 0.3) is 0 Å². The maximum atomic E-state index is 13.7. The second-order valence-corrected chi connectivity index (χ2v) is 7.08. The van der Waals surface area contributed by atoms with Crippen molar-refractivity contribution in [3.63, 3.8) is 0 Å². The highest BCUT2D eigenvalue weighted by molar-refractivity contribution is 6.26. The second-order valence-electron chi connectivity index (χ2n) is 7.08. The zero-order valence-corrected chi connectivity index (χ0v) is 16.6. The fraction of sp³-hybridized carbons (Fsp3) is 0.125. The summed E-state index contributed by atoms with van der Waals surface area (Å²) in [5, 5.41) is 12.1. The van der Waals surface area contributed by atoms with E-state index in [0.29, 0.717) is 23.5 Å². The number of hydrogen-bond acceptors (Lipinski definition) is 4. The molecule has 0 saturated carbocycles. The van der Waals surface area contributed by atoms with Crippen LogP contribution in [0.2, 0.25) is 0 Å². The molecule has 0 fully saturated rings. The van der Waals surface area contributed by atoms with E-state index >= 15 is 0 Å². The van der Waals surface area contributed by atoms with Gasteiger partial charge in [-0.25, -0.2) is 0 Å². The highest BCUT2D eigenvalue weighted by atomic mass is 16.2. The Morgan fingerprint density at radius 1 is 0.900 bits per heavy atom. The van der Waals surface area contributed by atoms with E-state index in [1.54, 1.807) is 0 Å². The van der Waals surface area contributed by atoms with E-state index in [0.717, 1.165) is 5.56 Å². The van der Waals surface area contributed by atoms with Crippen LogP contribution in [0.15, 0.2) is 96.1 Å². The van der Waals surface area contributed by atoms with Crippen molar-refractivity contribution < 1.29 is 9.59 Å². The van der Waals surface area contributed by atoms with E-state index in [1.165, 1.54) is 11.9 Å². The van der Waals surface area contributed by atoms with Crippen LogP contribution in [0.1, 0.15) is 12.5 Å². The average Bonchev–Trinajstić information content (AvgIpc) is 3.01. The first-order valence-corrected chi connectivity index (χ1v) is 9.72. The molecule has 1 aliphatic heterocycles. The Morgan fingerprint density at radius 2 is 1.47 bits per heavy atom. The molecule has 1 heterocycles. The minimum absolute atomic E-state index is 0.331. The van der Waals surface area contributed by atoms with Gasteiger partial charge >= 0.3 is 0 Å². The van der Waals surface area contributed by atoms with E-state index < -0.39 is 5.66 Å². The Morgan fingerprint density at radius 3 is 2.07 bits per heavy atom. The average molecular weight is 398 g/mol. The summed E-state index contributed by atoms with van der Waals surface area (Å²) in [4.78, 5) is 25.9. The third kappa shape index (κ3) is 3.80. The lowest BCUT2D eigenvalue weighted by atomic mass is 9.96. The van der Waals surface area contributed by atoms with Crippen LogP contribution in [-0.4, -0.2) is 23.2 Å². The molecule has 2 amide bonds. The largest absolute Gasteiger partial charge is 0.350 e. The molecular formula is C24H22N4O2. The van der Waals surface area contributed by atoms with Crippen LogP contribution in [0.4, 0.5) is 11.4 Å². The predicted molar refractivity (Wildman–Crippen MR) is 118 cm³/mol. The van der Waals surface area contributed by atoms with Crippen LogP contribution in [0.3, 0.4) is 0 Å². The molecule has 4 rings (SSSR count). The maximum absolute atomic E-state index is 13.7. The maximum Gasteiger partial charge on any atom is 0.300 e. The first kappa shape index (κ1) is 19.4. The molecule has 1 unspecified atom stereocenters. The predicted octanol–water partition coefficient (Wildman–Crippen LogP) is 3.58. The molecule has 0 spiro atoms. The van der Waals surface area contributed by atoms with Crippen LogP contribution >= 0.6 is 0 Å². The molecular weight excluding hydrogens is 376 g/mol. The number of benzene rings is 3. The Labute approximate surface area is 175 Å². The van der Waals surface area contributed by atoms with Gasteiger partial charge in [0.2, 0.25) is 11.6 Å². The molecule has 0 saturated heterocycles. The second kappa shape index (κ2) is 8.21. The Balaban J connectivity index is 1.81. The highest BCUT2D eigenvalue weighted by Crippen LogP contribution is 2.29. The first-order chi connectivity index (χ1) is 14.6. The van der Waals surface area contributed by atoms with Gasteiger partial charge in [0.05, 0.1) is 11.4 Å². The molecule has 6 nitrogen and oxygen atoms in total. The van der Waals surface area contributed by atoms with Gasteiger partial charge in [0.25, 0.3) is 5.91 Å². The van der Waals surface area contributed by atoms with Gasteiger partial charge in [-0.05, 0) is 29.8 Å². The molecule has 30 heavy (non-hydrogen) atoms. The summed E-state index contributed by atoms with van der Waals surface area (Å²) in [5.74, 6) is -0.693. The standard InChI is InChI=1S/C24H22N4O2/c1-18(29)25-24(26-20-13-7-3-8-14-20)22(17-19-11-5-2-6-12-19)27-28(23(24)30)21-15-9-4-10-16-21/h2-16,26H,17H2,1H3,(H,25,29). The molecule has 3 aromatic rings. The van der Waals surface area contributed by atoms with Gasteiger partial charge in [-0.2, -0.15) is 10.1 Å². The van der Waals surface area contributed by atoms with Crippen molar-refractivity contribution in [1.29, 1.82) is 0 Å². The van der Waals surface area contributed by atoms with Gasteiger partial charge < -0.3 is 10.6 Å². The number of carbonyl (C=O) groups excluding carboxylic acids is 2. The number of nitrogens with one attached hydrogen (secondary N) is 2. The monoisotopic (exact) mass is 398 g/mol. The molecule has 0 aliphatic carbocycles. The Bertz CT molecular complexity index is 1070. The van der Waals surface area contributed by atoms with Crippen molar-refractivity contribution in [2.45, 2.75) is 19.0 Å². The van der Waals surface area contributed by atoms with Gasteiger partial charge in [-0.15, -0.1) is 0 Å². The third-order valence-corrected chi connectivity index (χ3v) is 4.85. The topological polar surface area (TPSA) is 73.8 Å². The van der Waals surface area contributed by atoms with E-state index in [4.69, 9.17) is 0 Å². The van der Waals surface area contributed by atoms with Crippen molar-refractivity contribution in [1.82, 2.24) is 5.32 Å². The van der Waals surface area contributed by atoms with Crippen molar-refractivity contribution in [2.75, 3.05) is 10.3 Å². The SMILES string of the molecule is CC(=O)NC1(Nc2ccccc2)C(=O)N(c2ccccc2)N=C1Cc1ccccc1. The molecule has 150 valence electrons. The summed E-state index contributed by atoms with van der Waals surface area (Å²) in [5.41, 5.74) is 1.36. The Hall–Kier alpha value is -3.93. The number of hydrazone groups is 1. The highest BCUT2D eigenvalue weighted by Gasteiger charge is 2.52. The fourth-order valence-electron chi connectivity index (χ4n) is 3.51. The number of rotatable bonds is 6. The molecule has 0 aromatic heterocycles. The van der Waals surface area contributed by atoms with Crippen LogP contribution in [-0.2, 0) is 16.0 Å². The molecule has 2 N–H and O–H groups in total. The summed E-state index contributed by atoms with van der Waals surface area (Å²) in [6.45, 7) is 1.40. The minimum Gasteiger partial charge on any atom is -0.350 e. The summed E-state index contributed by atoms with van der Waals surface area (Å²) in [7, 11) is 0. The number of hydrogen-bond donors (Lipinski definition) is 2. The van der Waals surface area contributed by atoms with Gasteiger partial charge in [0.1, 0.15) is 0 Å². The number of amides is 2. The molecule has 1 atom stereocenters. The van der Waals surface area contributed by atoms with Crippen LogP contribution in [0, 0.1) is 0 Å². The van der Waals surface area contributed by atoms with Crippen molar-refractivity contribution in [3.05, 3.63) is 96.6 Å². The lowest BCUT2D eigenvalue weighted by Gasteiger charge is -2.32. The lowest BCUT2D eigenvalue weighted by Crippen LogP contribution is -2.65. The van der Waals surface area contributed by atoms with Crippen LogP contribution in [0.5, 0.6) is 0 Å². The van der Waals surface area contributed by atoms with E-state index in [9.17, 15) is 9.59 Å². The van der Waals surface area contributed by atoms with Gasteiger partial charge in [-0.1, -0.05) is 66.7 Å². The first-order valence-electron chi connectivity index (χ1n) is 9.72. The van der Waals surface area contributed by atoms with E-state index in [1.807, 2.05) is 91.0 Å². The molecule has 0 bridgehead atoms. The summed E-state index contributed by atoms with van der Waals surface area (Å²) in [6, 6.07) is 28.3.